The van der Waals surface area contributed by atoms with E-state index in [-0.39, 0.29) is 18.9 Å². The van der Waals surface area contributed by atoms with Gasteiger partial charge in [-0.05, 0) is 11.6 Å². The molecule has 1 heterocycles. The first-order valence-corrected chi connectivity index (χ1v) is 6.64. The van der Waals surface area contributed by atoms with E-state index in [2.05, 4.69) is 0 Å². The van der Waals surface area contributed by atoms with Crippen LogP contribution >= 0.6 is 23.2 Å². The third-order valence-corrected chi connectivity index (χ3v) is 3.79. The molecule has 1 atom stereocenters. The van der Waals surface area contributed by atoms with Crippen LogP contribution in [0.4, 0.5) is 5.69 Å². The average molecular weight is 318 g/mol. The zero-order chi connectivity index (χ0) is 14.9. The van der Waals surface area contributed by atoms with E-state index in [0.29, 0.717) is 22.2 Å². The van der Waals surface area contributed by atoms with Gasteiger partial charge >= 0.3 is 0 Å². The summed E-state index contributed by atoms with van der Waals surface area (Å²) in [6.07, 6.45) is 0.0937. The number of hydrogen-bond acceptors (Lipinski definition) is 4. The van der Waals surface area contributed by atoms with Crippen molar-refractivity contribution in [2.75, 3.05) is 25.7 Å². The van der Waals surface area contributed by atoms with E-state index in [0.717, 1.165) is 0 Å². The molecular formula is C13H13Cl2NO4. The second-order valence-corrected chi connectivity index (χ2v) is 5.15. The number of halogens is 2. The standard InChI is InChI=1S/C13H13Cl2NO4/c1-19-10-5-9(11(20-2)4-8(10)14)16-6-7(13(15)18)3-12(16)17/h4-5,7H,3,6H2,1-2H3/t7-/m0/s1. The SMILES string of the molecule is COc1cc(N2C[C@@H](C(=O)Cl)CC2=O)c(OC)cc1Cl. The Morgan fingerprint density at radius 3 is 2.45 bits per heavy atom. The molecule has 0 aromatic heterocycles. The second kappa shape index (κ2) is 5.89. The van der Waals surface area contributed by atoms with Crippen molar-refractivity contribution in [3.63, 3.8) is 0 Å². The van der Waals surface area contributed by atoms with Crippen molar-refractivity contribution in [1.29, 1.82) is 0 Å². The largest absolute Gasteiger partial charge is 0.495 e. The summed E-state index contributed by atoms with van der Waals surface area (Å²) in [4.78, 5) is 24.7. The predicted molar refractivity (Wildman–Crippen MR) is 75.9 cm³/mol. The van der Waals surface area contributed by atoms with Gasteiger partial charge in [0.2, 0.25) is 11.1 Å². The van der Waals surface area contributed by atoms with Gasteiger partial charge in [0.1, 0.15) is 11.5 Å². The Morgan fingerprint density at radius 2 is 1.95 bits per heavy atom. The summed E-state index contributed by atoms with van der Waals surface area (Å²) in [6.45, 7) is 0.225. The number of carbonyl (C=O) groups is 2. The Balaban J connectivity index is 2.41. The molecule has 20 heavy (non-hydrogen) atoms. The van der Waals surface area contributed by atoms with E-state index in [1.807, 2.05) is 0 Å². The molecule has 1 aliphatic rings. The Hall–Kier alpha value is -1.46. The quantitative estimate of drug-likeness (QED) is 0.800. The molecule has 0 radical (unpaired) electrons. The van der Waals surface area contributed by atoms with E-state index < -0.39 is 11.2 Å². The highest BCUT2D eigenvalue weighted by Crippen LogP contribution is 2.40. The lowest BCUT2D eigenvalue weighted by Gasteiger charge is -2.20. The number of carbonyl (C=O) groups excluding carboxylic acids is 2. The molecule has 5 nitrogen and oxygen atoms in total. The fourth-order valence-corrected chi connectivity index (χ4v) is 2.52. The highest BCUT2D eigenvalue weighted by molar-refractivity contribution is 6.64. The molecule has 1 amide bonds. The molecule has 1 saturated heterocycles. The maximum atomic E-state index is 12.0. The molecule has 108 valence electrons. The van der Waals surface area contributed by atoms with Gasteiger partial charge in [-0.2, -0.15) is 0 Å². The third-order valence-electron chi connectivity index (χ3n) is 3.19. The number of nitrogens with zero attached hydrogens (tertiary/aromatic N) is 1. The minimum absolute atomic E-state index is 0.0937. The fourth-order valence-electron chi connectivity index (χ4n) is 2.15. The lowest BCUT2D eigenvalue weighted by molar-refractivity contribution is -0.120. The molecule has 0 aliphatic carbocycles. The van der Waals surface area contributed by atoms with E-state index in [4.69, 9.17) is 32.7 Å². The molecule has 1 aromatic rings. The van der Waals surface area contributed by atoms with E-state index in [1.165, 1.54) is 19.1 Å². The molecule has 0 unspecified atom stereocenters. The van der Waals surface area contributed by atoms with Gasteiger partial charge in [0.25, 0.3) is 0 Å². The highest BCUT2D eigenvalue weighted by Gasteiger charge is 2.36. The van der Waals surface area contributed by atoms with Gasteiger partial charge in [-0.3, -0.25) is 9.59 Å². The summed E-state index contributed by atoms with van der Waals surface area (Å²) in [5, 5.41) is -0.134. The van der Waals surface area contributed by atoms with Crippen molar-refractivity contribution >= 4 is 40.0 Å². The summed E-state index contributed by atoms with van der Waals surface area (Å²) in [5.74, 6) is 0.171. The van der Waals surface area contributed by atoms with Crippen molar-refractivity contribution in [3.8, 4) is 11.5 Å². The first-order valence-electron chi connectivity index (χ1n) is 5.89. The van der Waals surface area contributed by atoms with Gasteiger partial charge < -0.3 is 14.4 Å². The van der Waals surface area contributed by atoms with Crippen LogP contribution in [-0.2, 0) is 9.59 Å². The van der Waals surface area contributed by atoms with Crippen LogP contribution in [0, 0.1) is 5.92 Å². The Labute approximate surface area is 126 Å². The van der Waals surface area contributed by atoms with Crippen LogP contribution in [-0.4, -0.2) is 31.9 Å². The van der Waals surface area contributed by atoms with Crippen LogP contribution in [0.15, 0.2) is 12.1 Å². The number of methoxy groups -OCH3 is 2. The van der Waals surface area contributed by atoms with Crippen molar-refractivity contribution in [1.82, 2.24) is 0 Å². The molecule has 0 spiro atoms. The van der Waals surface area contributed by atoms with Crippen LogP contribution in [0.2, 0.25) is 5.02 Å². The van der Waals surface area contributed by atoms with Gasteiger partial charge in [-0.15, -0.1) is 0 Å². The predicted octanol–water partition coefficient (Wildman–Crippen LogP) is 2.48. The number of ether oxygens (including phenoxy) is 2. The maximum absolute atomic E-state index is 12.0. The number of benzene rings is 1. The zero-order valence-corrected chi connectivity index (χ0v) is 12.5. The first-order chi connectivity index (χ1) is 9.47. The Kier molecular flexibility index (Phi) is 4.40. The molecule has 1 aliphatic heterocycles. The lowest BCUT2D eigenvalue weighted by Crippen LogP contribution is -2.25. The monoisotopic (exact) mass is 317 g/mol. The van der Waals surface area contributed by atoms with E-state index in [1.54, 1.807) is 12.1 Å². The average Bonchev–Trinajstić information content (AvgIpc) is 2.80. The van der Waals surface area contributed by atoms with E-state index >= 15 is 0 Å². The van der Waals surface area contributed by atoms with Gasteiger partial charge in [0.15, 0.2) is 0 Å². The van der Waals surface area contributed by atoms with Crippen molar-refractivity contribution < 1.29 is 19.1 Å². The molecule has 0 bridgehead atoms. The summed E-state index contributed by atoms with van der Waals surface area (Å²) >= 11 is 11.5. The summed E-state index contributed by atoms with van der Waals surface area (Å²) in [5.41, 5.74) is 0.513. The molecule has 1 fully saturated rings. The van der Waals surface area contributed by atoms with Gasteiger partial charge in [0, 0.05) is 25.1 Å². The minimum atomic E-state index is -0.513. The summed E-state index contributed by atoms with van der Waals surface area (Å²) in [6, 6.07) is 3.18. The lowest BCUT2D eigenvalue weighted by atomic mass is 10.1. The number of rotatable bonds is 4. The van der Waals surface area contributed by atoms with Crippen molar-refractivity contribution in [3.05, 3.63) is 17.2 Å². The van der Waals surface area contributed by atoms with Crippen molar-refractivity contribution in [2.24, 2.45) is 5.92 Å². The molecular weight excluding hydrogens is 305 g/mol. The molecule has 1 aromatic carbocycles. The summed E-state index contributed by atoms with van der Waals surface area (Å²) in [7, 11) is 2.96. The highest BCUT2D eigenvalue weighted by atomic mass is 35.5. The van der Waals surface area contributed by atoms with E-state index in [9.17, 15) is 9.59 Å². The fraction of sp³-hybridized carbons (Fsp3) is 0.385. The van der Waals surface area contributed by atoms with Gasteiger partial charge in [0.05, 0.1) is 30.8 Å². The van der Waals surface area contributed by atoms with Crippen LogP contribution in [0.1, 0.15) is 6.42 Å². The Morgan fingerprint density at radius 1 is 1.30 bits per heavy atom. The zero-order valence-electron chi connectivity index (χ0n) is 11.0. The Bertz CT molecular complexity index is 562. The minimum Gasteiger partial charge on any atom is -0.495 e. The second-order valence-electron chi connectivity index (χ2n) is 4.37. The van der Waals surface area contributed by atoms with Crippen LogP contribution in [0.3, 0.4) is 0 Å². The molecule has 7 heteroatoms. The molecule has 2 rings (SSSR count). The number of amides is 1. The maximum Gasteiger partial charge on any atom is 0.227 e. The summed E-state index contributed by atoms with van der Waals surface area (Å²) < 4.78 is 10.4. The van der Waals surface area contributed by atoms with Crippen molar-refractivity contribution in [2.45, 2.75) is 6.42 Å². The topological polar surface area (TPSA) is 55.8 Å². The van der Waals surface area contributed by atoms with Crippen LogP contribution in [0.25, 0.3) is 0 Å². The molecule has 0 N–H and O–H groups in total. The number of hydrogen-bond donors (Lipinski definition) is 0. The van der Waals surface area contributed by atoms with Gasteiger partial charge in [-0.25, -0.2) is 0 Å². The molecule has 0 saturated carbocycles. The van der Waals surface area contributed by atoms with Crippen LogP contribution in [0.5, 0.6) is 11.5 Å². The van der Waals surface area contributed by atoms with Crippen LogP contribution < -0.4 is 14.4 Å². The first kappa shape index (κ1) is 14.9. The third kappa shape index (κ3) is 2.69. The smallest absolute Gasteiger partial charge is 0.227 e. The number of anilines is 1. The van der Waals surface area contributed by atoms with Gasteiger partial charge in [-0.1, -0.05) is 11.6 Å². The normalized spacial score (nSPS) is 18.3.